The minimum atomic E-state index is -3.67. The molecule has 29 heavy (non-hydrogen) atoms. The Morgan fingerprint density at radius 1 is 1.10 bits per heavy atom. The number of aromatic nitrogens is 1. The SMILES string of the molecule is Cc1csc(NN=Cc2cccc(NS(=O)(=O)c3ccc(C(C)(C)C)cc3)c2)n1. The van der Waals surface area contributed by atoms with Gasteiger partial charge in [-0.3, -0.25) is 10.1 Å². The first-order valence-electron chi connectivity index (χ1n) is 9.08. The first kappa shape index (κ1) is 21.0. The Hall–Kier alpha value is -2.71. The van der Waals surface area contributed by atoms with Crippen LogP contribution in [0.1, 0.15) is 37.6 Å². The zero-order valence-corrected chi connectivity index (χ0v) is 18.4. The predicted molar refractivity (Wildman–Crippen MR) is 120 cm³/mol. The fraction of sp³-hybridized carbons (Fsp3) is 0.238. The molecule has 2 aromatic carbocycles. The maximum Gasteiger partial charge on any atom is 0.261 e. The van der Waals surface area contributed by atoms with Gasteiger partial charge >= 0.3 is 0 Å². The van der Waals surface area contributed by atoms with Crippen molar-refractivity contribution in [2.45, 2.75) is 38.0 Å². The van der Waals surface area contributed by atoms with Crippen LogP contribution in [0.3, 0.4) is 0 Å². The molecule has 0 bridgehead atoms. The van der Waals surface area contributed by atoms with Crippen molar-refractivity contribution in [3.8, 4) is 0 Å². The minimum absolute atomic E-state index is 0.0330. The molecule has 1 aromatic heterocycles. The number of hydrogen-bond donors (Lipinski definition) is 2. The molecule has 1 heterocycles. The molecule has 0 saturated heterocycles. The number of hydrogen-bond acceptors (Lipinski definition) is 6. The lowest BCUT2D eigenvalue weighted by Crippen LogP contribution is -2.15. The Morgan fingerprint density at radius 3 is 2.45 bits per heavy atom. The van der Waals surface area contributed by atoms with Gasteiger partial charge in [-0.15, -0.1) is 11.3 Å². The van der Waals surface area contributed by atoms with Crippen molar-refractivity contribution in [2.24, 2.45) is 5.10 Å². The van der Waals surface area contributed by atoms with E-state index in [0.717, 1.165) is 16.8 Å². The Balaban J connectivity index is 1.71. The maximum absolute atomic E-state index is 12.7. The van der Waals surface area contributed by atoms with Crippen LogP contribution in [0.4, 0.5) is 10.8 Å². The van der Waals surface area contributed by atoms with Gasteiger partial charge in [-0.25, -0.2) is 13.4 Å². The summed E-state index contributed by atoms with van der Waals surface area (Å²) in [5.74, 6) is 0. The number of hydrazone groups is 1. The predicted octanol–water partition coefficient (Wildman–Crippen LogP) is 5.00. The monoisotopic (exact) mass is 428 g/mol. The molecule has 0 aliphatic heterocycles. The number of nitrogens with zero attached hydrogens (tertiary/aromatic N) is 2. The topological polar surface area (TPSA) is 83.5 Å². The summed E-state index contributed by atoms with van der Waals surface area (Å²) >= 11 is 1.47. The molecule has 8 heteroatoms. The average molecular weight is 429 g/mol. The molecule has 0 spiro atoms. The van der Waals surface area contributed by atoms with E-state index >= 15 is 0 Å². The molecular weight excluding hydrogens is 404 g/mol. The van der Waals surface area contributed by atoms with Crippen LogP contribution in [-0.4, -0.2) is 19.6 Å². The number of anilines is 2. The highest BCUT2D eigenvalue weighted by molar-refractivity contribution is 7.92. The van der Waals surface area contributed by atoms with Gasteiger partial charge in [0.1, 0.15) is 0 Å². The first-order chi connectivity index (χ1) is 13.6. The van der Waals surface area contributed by atoms with Crippen molar-refractivity contribution in [1.82, 2.24) is 4.98 Å². The molecule has 3 rings (SSSR count). The van der Waals surface area contributed by atoms with E-state index in [1.807, 2.05) is 30.5 Å². The molecule has 0 radical (unpaired) electrons. The quantitative estimate of drug-likeness (QED) is 0.428. The summed E-state index contributed by atoms with van der Waals surface area (Å²) in [7, 11) is -3.67. The first-order valence-corrected chi connectivity index (χ1v) is 11.4. The van der Waals surface area contributed by atoms with Crippen molar-refractivity contribution < 1.29 is 8.42 Å². The lowest BCUT2D eigenvalue weighted by atomic mass is 9.87. The van der Waals surface area contributed by atoms with E-state index in [1.54, 1.807) is 36.5 Å². The number of benzene rings is 2. The molecular formula is C21H24N4O2S2. The summed E-state index contributed by atoms with van der Waals surface area (Å²) < 4.78 is 28.0. The zero-order valence-electron chi connectivity index (χ0n) is 16.8. The van der Waals surface area contributed by atoms with Gasteiger partial charge in [0.2, 0.25) is 5.13 Å². The molecule has 0 unspecified atom stereocenters. The van der Waals surface area contributed by atoms with Crippen LogP contribution in [0.15, 0.2) is 63.9 Å². The average Bonchev–Trinajstić information content (AvgIpc) is 3.06. The van der Waals surface area contributed by atoms with Crippen LogP contribution in [0.2, 0.25) is 0 Å². The van der Waals surface area contributed by atoms with Crippen molar-refractivity contribution in [3.05, 3.63) is 70.7 Å². The highest BCUT2D eigenvalue weighted by atomic mass is 32.2. The Kier molecular flexibility index (Phi) is 6.04. The molecule has 0 fully saturated rings. The van der Waals surface area contributed by atoms with Crippen LogP contribution < -0.4 is 10.1 Å². The van der Waals surface area contributed by atoms with E-state index < -0.39 is 10.0 Å². The highest BCUT2D eigenvalue weighted by Crippen LogP contribution is 2.24. The molecule has 0 aliphatic rings. The smallest absolute Gasteiger partial charge is 0.261 e. The van der Waals surface area contributed by atoms with E-state index in [9.17, 15) is 8.42 Å². The highest BCUT2D eigenvalue weighted by Gasteiger charge is 2.17. The number of thiazole rings is 1. The van der Waals surface area contributed by atoms with E-state index in [-0.39, 0.29) is 10.3 Å². The third-order valence-electron chi connectivity index (χ3n) is 4.16. The second-order valence-electron chi connectivity index (χ2n) is 7.67. The van der Waals surface area contributed by atoms with Crippen LogP contribution in [0, 0.1) is 6.92 Å². The maximum atomic E-state index is 12.7. The fourth-order valence-corrected chi connectivity index (χ4v) is 4.28. The van der Waals surface area contributed by atoms with Crippen molar-refractivity contribution in [1.29, 1.82) is 0 Å². The van der Waals surface area contributed by atoms with Gasteiger partial charge in [-0.05, 0) is 47.7 Å². The summed E-state index contributed by atoms with van der Waals surface area (Å²) in [6, 6.07) is 14.0. The summed E-state index contributed by atoms with van der Waals surface area (Å²) in [5, 5.41) is 6.78. The Labute approximate surface area is 175 Å². The van der Waals surface area contributed by atoms with Gasteiger partial charge in [-0.1, -0.05) is 45.0 Å². The summed E-state index contributed by atoms with van der Waals surface area (Å²) in [4.78, 5) is 4.49. The van der Waals surface area contributed by atoms with E-state index in [1.165, 1.54) is 11.3 Å². The van der Waals surface area contributed by atoms with Crippen LogP contribution in [-0.2, 0) is 15.4 Å². The minimum Gasteiger partial charge on any atom is -0.280 e. The standard InChI is InChI=1S/C21H24N4O2S2/c1-15-14-28-20(23-15)24-22-13-16-6-5-7-18(12-16)25-29(26,27)19-10-8-17(9-11-19)21(2,3)4/h5-14,25H,1-4H3,(H,23,24). The van der Waals surface area contributed by atoms with Crippen LogP contribution in [0.5, 0.6) is 0 Å². The fourth-order valence-electron chi connectivity index (χ4n) is 2.60. The largest absolute Gasteiger partial charge is 0.280 e. The third kappa shape index (κ3) is 5.65. The third-order valence-corrected chi connectivity index (χ3v) is 6.42. The van der Waals surface area contributed by atoms with Crippen molar-refractivity contribution in [2.75, 3.05) is 10.1 Å². The number of rotatable bonds is 6. The normalized spacial score (nSPS) is 12.3. The lowest BCUT2D eigenvalue weighted by Gasteiger charge is -2.19. The van der Waals surface area contributed by atoms with Gasteiger partial charge in [0.25, 0.3) is 10.0 Å². The van der Waals surface area contributed by atoms with E-state index in [4.69, 9.17) is 0 Å². The Morgan fingerprint density at radius 2 is 1.83 bits per heavy atom. The lowest BCUT2D eigenvalue weighted by molar-refractivity contribution is 0.587. The zero-order chi connectivity index (χ0) is 21.1. The second-order valence-corrected chi connectivity index (χ2v) is 10.2. The van der Waals surface area contributed by atoms with Gasteiger partial charge in [0.05, 0.1) is 16.8 Å². The number of nitrogens with one attached hydrogen (secondary N) is 2. The van der Waals surface area contributed by atoms with Gasteiger partial charge in [0.15, 0.2) is 0 Å². The number of sulfonamides is 1. The molecule has 3 aromatic rings. The summed E-state index contributed by atoms with van der Waals surface area (Å²) in [5.41, 5.74) is 6.07. The summed E-state index contributed by atoms with van der Waals surface area (Å²) in [6.07, 6.45) is 1.62. The van der Waals surface area contributed by atoms with Crippen molar-refractivity contribution >= 4 is 38.4 Å². The van der Waals surface area contributed by atoms with Gasteiger partial charge < -0.3 is 0 Å². The molecule has 2 N–H and O–H groups in total. The van der Waals surface area contributed by atoms with E-state index in [0.29, 0.717) is 10.8 Å². The molecule has 0 saturated carbocycles. The van der Waals surface area contributed by atoms with Crippen LogP contribution in [0.25, 0.3) is 0 Å². The molecule has 6 nitrogen and oxygen atoms in total. The molecule has 0 atom stereocenters. The molecule has 152 valence electrons. The Bertz CT molecular complexity index is 1110. The molecule has 0 amide bonds. The molecule has 0 aliphatic carbocycles. The van der Waals surface area contributed by atoms with Gasteiger partial charge in [0, 0.05) is 11.1 Å². The second kappa shape index (κ2) is 8.34. The van der Waals surface area contributed by atoms with Crippen LogP contribution >= 0.6 is 11.3 Å². The van der Waals surface area contributed by atoms with Crippen molar-refractivity contribution in [3.63, 3.8) is 0 Å². The van der Waals surface area contributed by atoms with Gasteiger partial charge in [-0.2, -0.15) is 5.10 Å². The summed E-state index contributed by atoms with van der Waals surface area (Å²) in [6.45, 7) is 8.18. The number of aryl methyl sites for hydroxylation is 1. The van der Waals surface area contributed by atoms with E-state index in [2.05, 4.69) is 41.0 Å².